The molecule has 118 valence electrons. The number of carbonyl (C=O) groups is 1. The summed E-state index contributed by atoms with van der Waals surface area (Å²) in [6, 6.07) is 1.21. The third-order valence-corrected chi connectivity index (χ3v) is 2.58. The predicted molar refractivity (Wildman–Crippen MR) is 71.8 cm³/mol. The molecule has 0 spiro atoms. The largest absolute Gasteiger partial charge is 0.435 e. The van der Waals surface area contributed by atoms with Crippen LogP contribution in [0.3, 0.4) is 0 Å². The van der Waals surface area contributed by atoms with Crippen LogP contribution in [0.15, 0.2) is 12.1 Å². The normalized spacial score (nSPS) is 13.1. The van der Waals surface area contributed by atoms with Crippen molar-refractivity contribution in [3.63, 3.8) is 0 Å². The fourth-order valence-corrected chi connectivity index (χ4v) is 1.45. The third-order valence-electron chi connectivity index (χ3n) is 2.58. The van der Waals surface area contributed by atoms with Gasteiger partial charge in [-0.1, -0.05) is 0 Å². The molecule has 21 heavy (non-hydrogen) atoms. The van der Waals surface area contributed by atoms with Gasteiger partial charge in [-0.15, -0.1) is 10.2 Å². The van der Waals surface area contributed by atoms with Gasteiger partial charge in [0, 0.05) is 6.04 Å². The predicted octanol–water partition coefficient (Wildman–Crippen LogP) is 1.96. The standard InChI is InChI=1S/C12H18F3N5O/c1-8(6-7-20(2)3)16-11(21)17-10-5-4-9(18-19-10)12(13,14)15/h4-5,8H,6-7H2,1-3H3,(H2,16,17,19,21). The quantitative estimate of drug-likeness (QED) is 0.872. The first kappa shape index (κ1) is 17.2. The van der Waals surface area contributed by atoms with Crippen molar-refractivity contribution in [2.75, 3.05) is 26.0 Å². The van der Waals surface area contributed by atoms with Gasteiger partial charge in [0.05, 0.1) is 0 Å². The van der Waals surface area contributed by atoms with E-state index in [1.54, 1.807) is 0 Å². The molecule has 1 heterocycles. The Kier molecular flexibility index (Phi) is 5.89. The zero-order chi connectivity index (χ0) is 16.0. The average molecular weight is 305 g/mol. The Bertz CT molecular complexity index is 461. The SMILES string of the molecule is CC(CCN(C)C)NC(=O)Nc1ccc(C(F)(F)F)nn1. The topological polar surface area (TPSA) is 70.2 Å². The highest BCUT2D eigenvalue weighted by Gasteiger charge is 2.32. The molecule has 0 radical (unpaired) electrons. The van der Waals surface area contributed by atoms with Crippen LogP contribution in [0.2, 0.25) is 0 Å². The molecule has 1 rings (SSSR count). The third kappa shape index (κ3) is 6.39. The van der Waals surface area contributed by atoms with Crippen molar-refractivity contribution in [3.8, 4) is 0 Å². The molecule has 0 aliphatic carbocycles. The average Bonchev–Trinajstić information content (AvgIpc) is 2.35. The maximum atomic E-state index is 12.3. The number of amides is 2. The van der Waals surface area contributed by atoms with Crippen molar-refractivity contribution in [3.05, 3.63) is 17.8 Å². The highest BCUT2D eigenvalue weighted by molar-refractivity contribution is 5.88. The molecule has 0 bridgehead atoms. The molecule has 0 aliphatic rings. The van der Waals surface area contributed by atoms with Crippen LogP contribution in [0.25, 0.3) is 0 Å². The van der Waals surface area contributed by atoms with E-state index < -0.39 is 17.9 Å². The molecule has 0 saturated heterocycles. The molecule has 2 amide bonds. The molecule has 0 aliphatic heterocycles. The Labute approximate surface area is 120 Å². The van der Waals surface area contributed by atoms with Crippen LogP contribution >= 0.6 is 0 Å². The van der Waals surface area contributed by atoms with Gasteiger partial charge in [0.25, 0.3) is 0 Å². The number of nitrogens with one attached hydrogen (secondary N) is 2. The summed E-state index contributed by atoms with van der Waals surface area (Å²) in [6.07, 6.45) is -3.80. The van der Waals surface area contributed by atoms with Gasteiger partial charge >= 0.3 is 12.2 Å². The number of hydrogen-bond acceptors (Lipinski definition) is 4. The lowest BCUT2D eigenvalue weighted by Gasteiger charge is -2.16. The summed E-state index contributed by atoms with van der Waals surface area (Å²) >= 11 is 0. The van der Waals surface area contributed by atoms with E-state index in [1.165, 1.54) is 0 Å². The molecular formula is C12H18F3N5O. The molecule has 2 N–H and O–H groups in total. The number of hydrogen-bond donors (Lipinski definition) is 2. The van der Waals surface area contributed by atoms with Gasteiger partial charge in [0.15, 0.2) is 11.5 Å². The fourth-order valence-electron chi connectivity index (χ4n) is 1.45. The van der Waals surface area contributed by atoms with E-state index in [2.05, 4.69) is 20.8 Å². The minimum atomic E-state index is -4.55. The monoisotopic (exact) mass is 305 g/mol. The number of halogens is 3. The Balaban J connectivity index is 2.48. The first-order chi connectivity index (χ1) is 9.68. The minimum Gasteiger partial charge on any atom is -0.335 e. The van der Waals surface area contributed by atoms with Crippen molar-refractivity contribution in [2.45, 2.75) is 25.6 Å². The van der Waals surface area contributed by atoms with E-state index in [9.17, 15) is 18.0 Å². The van der Waals surface area contributed by atoms with Crippen LogP contribution in [0.5, 0.6) is 0 Å². The van der Waals surface area contributed by atoms with Crippen LogP contribution in [0, 0.1) is 0 Å². The lowest BCUT2D eigenvalue weighted by Crippen LogP contribution is -2.37. The first-order valence-corrected chi connectivity index (χ1v) is 6.31. The van der Waals surface area contributed by atoms with Gasteiger partial charge in [0.2, 0.25) is 0 Å². The molecule has 0 fully saturated rings. The number of urea groups is 1. The number of carbonyl (C=O) groups excluding carboxylic acids is 1. The minimum absolute atomic E-state index is 0.0414. The van der Waals surface area contributed by atoms with E-state index >= 15 is 0 Å². The molecule has 1 aromatic heterocycles. The van der Waals surface area contributed by atoms with Gasteiger partial charge in [-0.05, 0) is 46.1 Å². The van der Waals surface area contributed by atoms with Crippen molar-refractivity contribution in [1.82, 2.24) is 20.4 Å². The van der Waals surface area contributed by atoms with Gasteiger partial charge < -0.3 is 10.2 Å². The van der Waals surface area contributed by atoms with Crippen LogP contribution in [-0.2, 0) is 6.18 Å². The van der Waals surface area contributed by atoms with Crippen molar-refractivity contribution >= 4 is 11.8 Å². The van der Waals surface area contributed by atoms with E-state index in [0.717, 1.165) is 25.1 Å². The summed E-state index contributed by atoms with van der Waals surface area (Å²) in [4.78, 5) is 13.6. The summed E-state index contributed by atoms with van der Waals surface area (Å²) in [5.41, 5.74) is -1.10. The second-order valence-corrected chi connectivity index (χ2v) is 4.89. The van der Waals surface area contributed by atoms with Crippen LogP contribution < -0.4 is 10.6 Å². The summed E-state index contributed by atoms with van der Waals surface area (Å²) in [5, 5.41) is 11.3. The number of rotatable bonds is 5. The highest BCUT2D eigenvalue weighted by atomic mass is 19.4. The van der Waals surface area contributed by atoms with Gasteiger partial charge in [-0.25, -0.2) is 4.79 Å². The molecule has 1 atom stereocenters. The van der Waals surface area contributed by atoms with E-state index in [0.29, 0.717) is 0 Å². The fraction of sp³-hybridized carbons (Fsp3) is 0.583. The lowest BCUT2D eigenvalue weighted by atomic mass is 10.2. The van der Waals surface area contributed by atoms with Gasteiger partial charge in [0.1, 0.15) is 0 Å². The Morgan fingerprint density at radius 3 is 2.48 bits per heavy atom. The summed E-state index contributed by atoms with van der Waals surface area (Å²) in [6.45, 7) is 2.64. The number of aromatic nitrogens is 2. The number of anilines is 1. The summed E-state index contributed by atoms with van der Waals surface area (Å²) in [7, 11) is 3.84. The van der Waals surface area contributed by atoms with E-state index in [1.807, 2.05) is 25.9 Å². The smallest absolute Gasteiger partial charge is 0.335 e. The second kappa shape index (κ2) is 7.21. The summed E-state index contributed by atoms with van der Waals surface area (Å²) < 4.78 is 36.9. The number of alkyl halides is 3. The molecule has 6 nitrogen and oxygen atoms in total. The van der Waals surface area contributed by atoms with Crippen molar-refractivity contribution in [2.24, 2.45) is 0 Å². The van der Waals surface area contributed by atoms with Crippen molar-refractivity contribution < 1.29 is 18.0 Å². The molecule has 1 aromatic rings. The Morgan fingerprint density at radius 2 is 2.00 bits per heavy atom. The zero-order valence-corrected chi connectivity index (χ0v) is 12.0. The molecule has 0 aromatic carbocycles. The van der Waals surface area contributed by atoms with Crippen molar-refractivity contribution in [1.29, 1.82) is 0 Å². The van der Waals surface area contributed by atoms with Crippen LogP contribution in [0.4, 0.5) is 23.8 Å². The highest BCUT2D eigenvalue weighted by Crippen LogP contribution is 2.26. The van der Waals surface area contributed by atoms with E-state index in [-0.39, 0.29) is 11.9 Å². The summed E-state index contributed by atoms with van der Waals surface area (Å²) in [5.74, 6) is -0.0414. The lowest BCUT2D eigenvalue weighted by molar-refractivity contribution is -0.141. The van der Waals surface area contributed by atoms with Crippen LogP contribution in [0.1, 0.15) is 19.0 Å². The molecule has 9 heteroatoms. The Hall–Kier alpha value is -1.90. The molecule has 1 unspecified atom stereocenters. The maximum absolute atomic E-state index is 12.3. The molecular weight excluding hydrogens is 287 g/mol. The number of nitrogens with zero attached hydrogens (tertiary/aromatic N) is 3. The first-order valence-electron chi connectivity index (χ1n) is 6.31. The van der Waals surface area contributed by atoms with Gasteiger partial charge in [-0.3, -0.25) is 5.32 Å². The van der Waals surface area contributed by atoms with Crippen LogP contribution in [-0.4, -0.2) is 47.8 Å². The molecule has 0 saturated carbocycles. The Morgan fingerprint density at radius 1 is 1.33 bits per heavy atom. The van der Waals surface area contributed by atoms with E-state index in [4.69, 9.17) is 0 Å². The second-order valence-electron chi connectivity index (χ2n) is 4.89. The van der Waals surface area contributed by atoms with Gasteiger partial charge in [-0.2, -0.15) is 13.2 Å². The zero-order valence-electron chi connectivity index (χ0n) is 12.0. The maximum Gasteiger partial charge on any atom is 0.435 e.